The van der Waals surface area contributed by atoms with Crippen molar-refractivity contribution < 1.29 is 4.79 Å². The van der Waals surface area contributed by atoms with Crippen LogP contribution in [0.3, 0.4) is 0 Å². The molecular formula is C15H24N4O. The summed E-state index contributed by atoms with van der Waals surface area (Å²) >= 11 is 0. The molecule has 0 unspecified atom stereocenters. The molecule has 2 rings (SSSR count). The molecule has 1 amide bonds. The molecule has 5 nitrogen and oxygen atoms in total. The van der Waals surface area contributed by atoms with Gasteiger partial charge in [-0.05, 0) is 25.7 Å². The first-order valence-corrected chi connectivity index (χ1v) is 7.55. The van der Waals surface area contributed by atoms with Crippen LogP contribution in [0.25, 0.3) is 0 Å². The Kier molecular flexibility index (Phi) is 5.32. The Balaban J connectivity index is 2.06. The van der Waals surface area contributed by atoms with Crippen molar-refractivity contribution in [3.05, 3.63) is 18.1 Å². The highest BCUT2D eigenvalue weighted by Gasteiger charge is 2.17. The third kappa shape index (κ3) is 3.68. The van der Waals surface area contributed by atoms with E-state index in [-0.39, 0.29) is 5.91 Å². The predicted octanol–water partition coefficient (Wildman–Crippen LogP) is 2.34. The largest absolute Gasteiger partial charge is 0.357 e. The molecule has 1 aromatic rings. The van der Waals surface area contributed by atoms with Gasteiger partial charge in [0.2, 0.25) is 0 Å². The summed E-state index contributed by atoms with van der Waals surface area (Å²) in [6, 6.07) is 1.83. The lowest BCUT2D eigenvalue weighted by Crippen LogP contribution is -2.32. The number of carbonyl (C=O) groups excluding carboxylic acids is 1. The summed E-state index contributed by atoms with van der Waals surface area (Å²) in [5, 5.41) is 0. The molecule has 1 aliphatic heterocycles. The molecule has 0 radical (unpaired) electrons. The van der Waals surface area contributed by atoms with Gasteiger partial charge >= 0.3 is 0 Å². The van der Waals surface area contributed by atoms with Crippen LogP contribution >= 0.6 is 0 Å². The van der Waals surface area contributed by atoms with E-state index in [0.29, 0.717) is 5.69 Å². The van der Waals surface area contributed by atoms with Crippen molar-refractivity contribution in [2.24, 2.45) is 0 Å². The number of unbranched alkanes of at least 4 members (excludes halogenated alkanes) is 1. The summed E-state index contributed by atoms with van der Waals surface area (Å²) in [7, 11) is 1.83. The Morgan fingerprint density at radius 3 is 2.75 bits per heavy atom. The monoisotopic (exact) mass is 276 g/mol. The minimum absolute atomic E-state index is 0.0147. The summed E-state index contributed by atoms with van der Waals surface area (Å²) in [6.45, 7) is 4.95. The fourth-order valence-electron chi connectivity index (χ4n) is 2.45. The van der Waals surface area contributed by atoms with Crippen LogP contribution in [0.4, 0.5) is 5.82 Å². The van der Waals surface area contributed by atoms with Crippen molar-refractivity contribution >= 4 is 11.7 Å². The van der Waals surface area contributed by atoms with Crippen molar-refractivity contribution in [2.45, 2.75) is 39.0 Å². The summed E-state index contributed by atoms with van der Waals surface area (Å²) in [5.74, 6) is 0.867. The van der Waals surface area contributed by atoms with Crippen molar-refractivity contribution in [1.82, 2.24) is 14.9 Å². The molecular weight excluding hydrogens is 252 g/mol. The van der Waals surface area contributed by atoms with Gasteiger partial charge in [-0.3, -0.25) is 4.79 Å². The summed E-state index contributed by atoms with van der Waals surface area (Å²) in [5.41, 5.74) is 0.499. The van der Waals surface area contributed by atoms with Gasteiger partial charge in [-0.2, -0.15) is 0 Å². The molecule has 1 saturated heterocycles. The molecule has 0 aromatic carbocycles. The quantitative estimate of drug-likeness (QED) is 0.828. The Bertz CT molecular complexity index is 443. The van der Waals surface area contributed by atoms with Crippen LogP contribution in [0, 0.1) is 0 Å². The smallest absolute Gasteiger partial charge is 0.272 e. The van der Waals surface area contributed by atoms with Crippen LogP contribution in [0.5, 0.6) is 0 Å². The highest BCUT2D eigenvalue weighted by atomic mass is 16.2. The Labute approximate surface area is 121 Å². The topological polar surface area (TPSA) is 49.3 Å². The van der Waals surface area contributed by atoms with Gasteiger partial charge in [0.25, 0.3) is 5.91 Å². The number of hydrogen-bond acceptors (Lipinski definition) is 4. The fraction of sp³-hybridized carbons (Fsp3) is 0.667. The lowest BCUT2D eigenvalue weighted by molar-refractivity contribution is 0.0787. The number of aromatic nitrogens is 2. The number of piperidine rings is 1. The van der Waals surface area contributed by atoms with E-state index in [0.717, 1.165) is 38.3 Å². The van der Waals surface area contributed by atoms with Gasteiger partial charge < -0.3 is 9.80 Å². The first-order chi connectivity index (χ1) is 9.72. The highest BCUT2D eigenvalue weighted by Crippen LogP contribution is 2.17. The van der Waals surface area contributed by atoms with Gasteiger partial charge in [-0.15, -0.1) is 0 Å². The van der Waals surface area contributed by atoms with Crippen LogP contribution in [0.15, 0.2) is 12.4 Å². The van der Waals surface area contributed by atoms with Gasteiger partial charge in [0.15, 0.2) is 0 Å². The second kappa shape index (κ2) is 7.22. The van der Waals surface area contributed by atoms with E-state index in [9.17, 15) is 4.79 Å². The van der Waals surface area contributed by atoms with Gasteiger partial charge in [0.05, 0.1) is 0 Å². The normalized spacial score (nSPS) is 15.2. The molecule has 1 fully saturated rings. The first-order valence-electron chi connectivity index (χ1n) is 7.55. The van der Waals surface area contributed by atoms with E-state index < -0.39 is 0 Å². The maximum atomic E-state index is 12.3. The van der Waals surface area contributed by atoms with E-state index in [1.165, 1.54) is 25.6 Å². The predicted molar refractivity (Wildman–Crippen MR) is 80.0 cm³/mol. The molecule has 2 heterocycles. The number of hydrogen-bond donors (Lipinski definition) is 0. The second-order valence-corrected chi connectivity index (χ2v) is 5.39. The molecule has 1 aromatic heterocycles. The highest BCUT2D eigenvalue weighted by molar-refractivity contribution is 5.92. The average Bonchev–Trinajstić information content (AvgIpc) is 2.53. The number of rotatable bonds is 5. The molecule has 0 saturated carbocycles. The average molecular weight is 276 g/mol. The summed E-state index contributed by atoms with van der Waals surface area (Å²) in [6.07, 6.45) is 7.29. The summed E-state index contributed by atoms with van der Waals surface area (Å²) in [4.78, 5) is 24.7. The maximum Gasteiger partial charge on any atom is 0.272 e. The van der Waals surface area contributed by atoms with Crippen molar-refractivity contribution in [3.8, 4) is 0 Å². The van der Waals surface area contributed by atoms with Gasteiger partial charge in [-0.25, -0.2) is 9.97 Å². The fourth-order valence-corrected chi connectivity index (χ4v) is 2.45. The maximum absolute atomic E-state index is 12.3. The number of nitrogens with zero attached hydrogens (tertiary/aromatic N) is 4. The van der Waals surface area contributed by atoms with E-state index in [1.807, 2.05) is 13.1 Å². The number of carbonyl (C=O) groups is 1. The third-order valence-electron chi connectivity index (χ3n) is 3.75. The van der Waals surface area contributed by atoms with E-state index in [4.69, 9.17) is 0 Å². The molecule has 0 aliphatic carbocycles. The minimum Gasteiger partial charge on any atom is -0.357 e. The second-order valence-electron chi connectivity index (χ2n) is 5.39. The standard InChI is InChI=1S/C15H24N4O/c1-3-4-8-18(2)15(20)13-11-14(17-12-16-13)19-9-6-5-7-10-19/h11-12H,3-10H2,1-2H3. The third-order valence-corrected chi connectivity index (χ3v) is 3.75. The molecule has 1 aliphatic rings. The Morgan fingerprint density at radius 1 is 1.30 bits per heavy atom. The molecule has 0 spiro atoms. The van der Waals surface area contributed by atoms with Gasteiger partial charge in [-0.1, -0.05) is 13.3 Å². The number of anilines is 1. The van der Waals surface area contributed by atoms with E-state index in [1.54, 1.807) is 4.90 Å². The Morgan fingerprint density at radius 2 is 2.05 bits per heavy atom. The zero-order chi connectivity index (χ0) is 14.4. The van der Waals surface area contributed by atoms with Crippen LogP contribution in [-0.2, 0) is 0 Å². The van der Waals surface area contributed by atoms with Crippen LogP contribution in [0.1, 0.15) is 49.5 Å². The van der Waals surface area contributed by atoms with Crippen molar-refractivity contribution in [1.29, 1.82) is 0 Å². The molecule has 20 heavy (non-hydrogen) atoms. The number of amides is 1. The van der Waals surface area contributed by atoms with Gasteiger partial charge in [0.1, 0.15) is 17.8 Å². The van der Waals surface area contributed by atoms with E-state index >= 15 is 0 Å². The Hall–Kier alpha value is -1.65. The van der Waals surface area contributed by atoms with Crippen LogP contribution in [-0.4, -0.2) is 47.5 Å². The van der Waals surface area contributed by atoms with Crippen LogP contribution < -0.4 is 4.90 Å². The van der Waals surface area contributed by atoms with E-state index in [2.05, 4.69) is 21.8 Å². The SMILES string of the molecule is CCCCN(C)C(=O)c1cc(N2CCCCC2)ncn1. The zero-order valence-electron chi connectivity index (χ0n) is 12.5. The summed E-state index contributed by atoms with van der Waals surface area (Å²) < 4.78 is 0. The zero-order valence-corrected chi connectivity index (χ0v) is 12.5. The molecule has 0 N–H and O–H groups in total. The minimum atomic E-state index is -0.0147. The lowest BCUT2D eigenvalue weighted by atomic mass is 10.1. The molecule has 5 heteroatoms. The first kappa shape index (κ1) is 14.8. The van der Waals surface area contributed by atoms with Gasteiger partial charge in [0, 0.05) is 32.7 Å². The molecule has 0 atom stereocenters. The van der Waals surface area contributed by atoms with Crippen LogP contribution in [0.2, 0.25) is 0 Å². The lowest BCUT2D eigenvalue weighted by Gasteiger charge is -2.27. The molecule has 110 valence electrons. The van der Waals surface area contributed by atoms with Crippen molar-refractivity contribution in [2.75, 3.05) is 31.6 Å². The van der Waals surface area contributed by atoms with Crippen molar-refractivity contribution in [3.63, 3.8) is 0 Å². The molecule has 0 bridgehead atoms.